The van der Waals surface area contributed by atoms with E-state index in [1.54, 1.807) is 20.1 Å². The van der Waals surface area contributed by atoms with Gasteiger partial charge in [0, 0.05) is 13.1 Å². The number of furan rings is 1. The summed E-state index contributed by atoms with van der Waals surface area (Å²) in [7, 11) is 2.99. The van der Waals surface area contributed by atoms with Gasteiger partial charge >= 0.3 is 5.97 Å². The number of hydrogen-bond donors (Lipinski definition) is 2. The summed E-state index contributed by atoms with van der Waals surface area (Å²) in [6.07, 6.45) is 1.82. The zero-order chi connectivity index (χ0) is 22.6. The summed E-state index contributed by atoms with van der Waals surface area (Å²) in [5, 5.41) is 6.55. The number of benzene rings is 1. The van der Waals surface area contributed by atoms with Crippen LogP contribution >= 0.6 is 24.0 Å². The standard InChI is InChI=1S/C23H33N3O5.HI/c1-6-24-23(26-15-18-14-19(16(3)31-18)22(27)29-5)25-12-8-9-17-10-11-20(28-4)21(13-17)30-7-2;/h10-11,13-14H,6-9,12,15H2,1-5H3,(H2,24,25,26);1H. The van der Waals surface area contributed by atoms with Crippen molar-refractivity contribution in [2.24, 2.45) is 4.99 Å². The molecule has 0 aliphatic rings. The van der Waals surface area contributed by atoms with E-state index in [0.717, 1.165) is 37.4 Å². The van der Waals surface area contributed by atoms with E-state index in [9.17, 15) is 4.79 Å². The average Bonchev–Trinajstić information content (AvgIpc) is 3.15. The highest BCUT2D eigenvalue weighted by Gasteiger charge is 2.15. The summed E-state index contributed by atoms with van der Waals surface area (Å²) in [5.74, 6) is 2.94. The zero-order valence-electron chi connectivity index (χ0n) is 19.4. The smallest absolute Gasteiger partial charge is 0.341 e. The fourth-order valence-electron chi connectivity index (χ4n) is 3.08. The van der Waals surface area contributed by atoms with E-state index in [1.165, 1.54) is 12.7 Å². The van der Waals surface area contributed by atoms with Gasteiger partial charge in [0.2, 0.25) is 0 Å². The van der Waals surface area contributed by atoms with Crippen LogP contribution in [0.15, 0.2) is 33.7 Å². The molecule has 0 bridgehead atoms. The summed E-state index contributed by atoms with van der Waals surface area (Å²) in [5.41, 5.74) is 1.62. The van der Waals surface area contributed by atoms with Gasteiger partial charge in [0.15, 0.2) is 17.5 Å². The maximum atomic E-state index is 11.7. The number of carbonyl (C=O) groups excluding carboxylic acids is 1. The lowest BCUT2D eigenvalue weighted by molar-refractivity contribution is 0.0599. The second kappa shape index (κ2) is 14.6. The Morgan fingerprint density at radius 3 is 2.56 bits per heavy atom. The second-order valence-electron chi connectivity index (χ2n) is 6.82. The number of methoxy groups -OCH3 is 2. The summed E-state index contributed by atoms with van der Waals surface area (Å²) in [6.45, 7) is 8.12. The largest absolute Gasteiger partial charge is 0.493 e. The Morgan fingerprint density at radius 1 is 1.12 bits per heavy atom. The Labute approximate surface area is 207 Å². The Bertz CT molecular complexity index is 883. The summed E-state index contributed by atoms with van der Waals surface area (Å²) in [6, 6.07) is 7.69. The van der Waals surface area contributed by atoms with Gasteiger partial charge < -0.3 is 29.3 Å². The Hall–Kier alpha value is -2.43. The first kappa shape index (κ1) is 27.6. The number of nitrogens with one attached hydrogen (secondary N) is 2. The summed E-state index contributed by atoms with van der Waals surface area (Å²) < 4.78 is 21.3. The predicted octanol–water partition coefficient (Wildman–Crippen LogP) is 4.09. The van der Waals surface area contributed by atoms with Crippen LogP contribution in [0.25, 0.3) is 0 Å². The highest BCUT2D eigenvalue weighted by Crippen LogP contribution is 2.28. The van der Waals surface area contributed by atoms with Crippen LogP contribution in [0.4, 0.5) is 0 Å². The molecule has 0 spiro atoms. The highest BCUT2D eigenvalue weighted by molar-refractivity contribution is 14.0. The first-order valence-corrected chi connectivity index (χ1v) is 10.5. The molecule has 1 aromatic carbocycles. The van der Waals surface area contributed by atoms with Crippen molar-refractivity contribution < 1.29 is 23.4 Å². The number of carbonyl (C=O) groups is 1. The minimum Gasteiger partial charge on any atom is -0.493 e. The van der Waals surface area contributed by atoms with Crippen LogP contribution in [0.5, 0.6) is 11.5 Å². The van der Waals surface area contributed by atoms with Gasteiger partial charge in [-0.05, 0) is 57.4 Å². The third kappa shape index (κ3) is 8.25. The van der Waals surface area contributed by atoms with Crippen molar-refractivity contribution >= 4 is 35.9 Å². The van der Waals surface area contributed by atoms with Gasteiger partial charge in [-0.25, -0.2) is 9.79 Å². The summed E-state index contributed by atoms with van der Waals surface area (Å²) in [4.78, 5) is 16.3. The fourth-order valence-corrected chi connectivity index (χ4v) is 3.08. The van der Waals surface area contributed by atoms with E-state index in [-0.39, 0.29) is 24.0 Å². The van der Waals surface area contributed by atoms with Gasteiger partial charge in [-0.15, -0.1) is 24.0 Å². The number of nitrogens with zero attached hydrogens (tertiary/aromatic N) is 1. The molecule has 9 heteroatoms. The fraction of sp³-hybridized carbons (Fsp3) is 0.478. The number of halogens is 1. The van der Waals surface area contributed by atoms with Crippen molar-refractivity contribution in [3.63, 3.8) is 0 Å². The number of rotatable bonds is 11. The molecule has 0 radical (unpaired) electrons. The highest BCUT2D eigenvalue weighted by atomic mass is 127. The molecule has 0 saturated carbocycles. The van der Waals surface area contributed by atoms with Crippen molar-refractivity contribution in [1.82, 2.24) is 10.6 Å². The van der Waals surface area contributed by atoms with Crippen LogP contribution in [-0.2, 0) is 17.7 Å². The summed E-state index contributed by atoms with van der Waals surface area (Å²) >= 11 is 0. The Balaban J connectivity index is 0.00000512. The van der Waals surface area contributed by atoms with Gasteiger partial charge in [0.1, 0.15) is 23.6 Å². The molecular formula is C23H34IN3O5. The van der Waals surface area contributed by atoms with E-state index in [4.69, 9.17) is 18.6 Å². The van der Waals surface area contributed by atoms with E-state index in [2.05, 4.69) is 21.7 Å². The SMILES string of the molecule is CCNC(=NCc1cc(C(=O)OC)c(C)o1)NCCCc1ccc(OC)c(OCC)c1.I. The molecule has 2 N–H and O–H groups in total. The molecule has 0 saturated heterocycles. The van der Waals surface area contributed by atoms with Gasteiger partial charge in [-0.3, -0.25) is 0 Å². The number of hydrogen-bond acceptors (Lipinski definition) is 6. The van der Waals surface area contributed by atoms with Crippen molar-refractivity contribution in [3.8, 4) is 11.5 Å². The molecule has 0 amide bonds. The molecular weight excluding hydrogens is 525 g/mol. The maximum absolute atomic E-state index is 11.7. The zero-order valence-corrected chi connectivity index (χ0v) is 21.8. The van der Waals surface area contributed by atoms with Crippen LogP contribution in [0.2, 0.25) is 0 Å². The van der Waals surface area contributed by atoms with Gasteiger partial charge in [0.05, 0.1) is 20.8 Å². The van der Waals surface area contributed by atoms with Crippen molar-refractivity contribution in [1.29, 1.82) is 0 Å². The van der Waals surface area contributed by atoms with Crippen LogP contribution in [0.3, 0.4) is 0 Å². The lowest BCUT2D eigenvalue weighted by Crippen LogP contribution is -2.37. The van der Waals surface area contributed by atoms with E-state index < -0.39 is 5.97 Å². The lowest BCUT2D eigenvalue weighted by Gasteiger charge is -2.12. The minimum atomic E-state index is -0.410. The van der Waals surface area contributed by atoms with Crippen LogP contribution < -0.4 is 20.1 Å². The van der Waals surface area contributed by atoms with Crippen LogP contribution in [-0.4, -0.2) is 45.8 Å². The van der Waals surface area contributed by atoms with Crippen molar-refractivity contribution in [3.05, 3.63) is 46.9 Å². The first-order valence-electron chi connectivity index (χ1n) is 10.5. The molecule has 1 aromatic heterocycles. The molecule has 0 unspecified atom stereocenters. The average molecular weight is 559 g/mol. The molecule has 0 atom stereocenters. The number of ether oxygens (including phenoxy) is 3. The molecule has 178 valence electrons. The van der Waals surface area contributed by atoms with Gasteiger partial charge in [-0.2, -0.15) is 0 Å². The number of aryl methyl sites for hydroxylation is 2. The third-order valence-electron chi connectivity index (χ3n) is 4.57. The molecule has 0 fully saturated rings. The monoisotopic (exact) mass is 559 g/mol. The molecule has 2 rings (SSSR count). The van der Waals surface area contributed by atoms with E-state index in [1.807, 2.05) is 26.0 Å². The second-order valence-corrected chi connectivity index (χ2v) is 6.82. The van der Waals surface area contributed by atoms with Gasteiger partial charge in [-0.1, -0.05) is 6.07 Å². The van der Waals surface area contributed by atoms with Gasteiger partial charge in [0.25, 0.3) is 0 Å². The van der Waals surface area contributed by atoms with Crippen LogP contribution in [0.1, 0.15) is 47.7 Å². The van der Waals surface area contributed by atoms with E-state index >= 15 is 0 Å². The molecule has 8 nitrogen and oxygen atoms in total. The Morgan fingerprint density at radius 2 is 1.91 bits per heavy atom. The normalized spacial score (nSPS) is 10.8. The lowest BCUT2D eigenvalue weighted by atomic mass is 10.1. The van der Waals surface area contributed by atoms with Crippen LogP contribution in [0, 0.1) is 6.92 Å². The molecule has 0 aliphatic carbocycles. The first-order chi connectivity index (χ1) is 15.0. The molecule has 32 heavy (non-hydrogen) atoms. The maximum Gasteiger partial charge on any atom is 0.341 e. The number of guanidine groups is 1. The minimum absolute atomic E-state index is 0. The molecule has 2 aromatic rings. The van der Waals surface area contributed by atoms with E-state index in [0.29, 0.717) is 36.2 Å². The Kier molecular flexibility index (Phi) is 12.6. The number of aliphatic imine (C=N–C) groups is 1. The molecule has 1 heterocycles. The molecule has 0 aliphatic heterocycles. The van der Waals surface area contributed by atoms with Crippen molar-refractivity contribution in [2.75, 3.05) is 33.9 Å². The third-order valence-corrected chi connectivity index (χ3v) is 4.57. The van der Waals surface area contributed by atoms with Crippen molar-refractivity contribution in [2.45, 2.75) is 40.2 Å². The predicted molar refractivity (Wildman–Crippen MR) is 136 cm³/mol. The number of esters is 1. The quantitative estimate of drug-likeness (QED) is 0.141. The topological polar surface area (TPSA) is 94.3 Å².